The topological polar surface area (TPSA) is 24.4 Å². The third-order valence-corrected chi connectivity index (χ3v) is 3.73. The van der Waals surface area contributed by atoms with Crippen LogP contribution in [0.2, 0.25) is 15.1 Å². The summed E-state index contributed by atoms with van der Waals surface area (Å²) in [6.45, 7) is 0. The van der Waals surface area contributed by atoms with E-state index < -0.39 is 0 Å². The molecule has 2 rings (SSSR count). The number of hydrogen-bond acceptors (Lipinski definition) is 2. The van der Waals surface area contributed by atoms with Gasteiger partial charge in [-0.3, -0.25) is 5.43 Å². The number of anilines is 1. The highest BCUT2D eigenvalue weighted by Crippen LogP contribution is 2.33. The predicted molar refractivity (Wildman–Crippen MR) is 87.0 cm³/mol. The molecule has 0 saturated carbocycles. The maximum absolute atomic E-state index is 6.05. The van der Waals surface area contributed by atoms with E-state index in [-0.39, 0.29) is 0 Å². The van der Waals surface area contributed by atoms with Gasteiger partial charge in [0.15, 0.2) is 0 Å². The van der Waals surface area contributed by atoms with Gasteiger partial charge >= 0.3 is 0 Å². The van der Waals surface area contributed by atoms with Crippen LogP contribution in [0.15, 0.2) is 47.6 Å². The standard InChI is InChI=1S/C13H8BrCl3N2/c14-13(8-4-2-1-3-5-8)19-18-12-10(16)6-9(15)7-11(12)17/h1-7,18H/b19-13+. The highest BCUT2D eigenvalue weighted by molar-refractivity contribution is 9.18. The minimum atomic E-state index is 0.412. The van der Waals surface area contributed by atoms with Crippen LogP contribution in [0.3, 0.4) is 0 Å². The molecule has 0 spiro atoms. The predicted octanol–water partition coefficient (Wildman–Crippen LogP) is 5.82. The van der Waals surface area contributed by atoms with Gasteiger partial charge in [-0.1, -0.05) is 65.1 Å². The Morgan fingerprint density at radius 1 is 1.00 bits per heavy atom. The minimum absolute atomic E-state index is 0.412. The van der Waals surface area contributed by atoms with Crippen LogP contribution in [0, 0.1) is 0 Å². The number of hydrazone groups is 1. The fourth-order valence-corrected chi connectivity index (χ4v) is 2.65. The second kappa shape index (κ2) is 6.62. The third-order valence-electron chi connectivity index (χ3n) is 2.28. The van der Waals surface area contributed by atoms with E-state index in [0.29, 0.717) is 25.4 Å². The Bertz CT molecular complexity index is 592. The van der Waals surface area contributed by atoms with Crippen molar-refractivity contribution < 1.29 is 0 Å². The van der Waals surface area contributed by atoms with Gasteiger partial charge in [0.1, 0.15) is 4.62 Å². The summed E-state index contributed by atoms with van der Waals surface area (Å²) in [6, 6.07) is 12.8. The molecule has 2 aromatic carbocycles. The van der Waals surface area contributed by atoms with E-state index in [1.165, 1.54) is 0 Å². The van der Waals surface area contributed by atoms with Gasteiger partial charge in [0.2, 0.25) is 0 Å². The van der Waals surface area contributed by atoms with Crippen LogP contribution in [0.25, 0.3) is 0 Å². The zero-order valence-corrected chi connectivity index (χ0v) is 13.4. The van der Waals surface area contributed by atoms with Gasteiger partial charge in [0, 0.05) is 10.6 Å². The molecule has 0 aliphatic heterocycles. The van der Waals surface area contributed by atoms with Gasteiger partial charge < -0.3 is 0 Å². The monoisotopic (exact) mass is 376 g/mol. The fraction of sp³-hybridized carbons (Fsp3) is 0. The van der Waals surface area contributed by atoms with E-state index in [4.69, 9.17) is 34.8 Å². The molecule has 0 unspecified atom stereocenters. The van der Waals surface area contributed by atoms with Crippen molar-refractivity contribution in [3.63, 3.8) is 0 Å². The molecule has 6 heteroatoms. The molecular weight excluding hydrogens is 370 g/mol. The van der Waals surface area contributed by atoms with Gasteiger partial charge in [-0.2, -0.15) is 5.10 Å². The van der Waals surface area contributed by atoms with E-state index >= 15 is 0 Å². The van der Waals surface area contributed by atoms with Crippen molar-refractivity contribution in [2.75, 3.05) is 5.43 Å². The average molecular weight is 378 g/mol. The molecule has 0 aromatic heterocycles. The molecule has 0 amide bonds. The van der Waals surface area contributed by atoms with Crippen molar-refractivity contribution in [3.8, 4) is 0 Å². The normalized spacial score (nSPS) is 11.5. The lowest BCUT2D eigenvalue weighted by Gasteiger charge is -2.07. The molecule has 0 aliphatic rings. The lowest BCUT2D eigenvalue weighted by molar-refractivity contribution is 1.35. The Hall–Kier alpha value is -0.740. The van der Waals surface area contributed by atoms with Crippen LogP contribution >= 0.6 is 50.7 Å². The van der Waals surface area contributed by atoms with E-state index in [2.05, 4.69) is 26.5 Å². The van der Waals surface area contributed by atoms with Crippen LogP contribution in [-0.4, -0.2) is 4.62 Å². The molecule has 19 heavy (non-hydrogen) atoms. The zero-order valence-electron chi connectivity index (χ0n) is 9.50. The Labute approximate surface area is 134 Å². The summed E-state index contributed by atoms with van der Waals surface area (Å²) < 4.78 is 0.648. The van der Waals surface area contributed by atoms with Crippen molar-refractivity contribution in [2.24, 2.45) is 5.10 Å². The van der Waals surface area contributed by atoms with E-state index in [9.17, 15) is 0 Å². The number of rotatable bonds is 3. The molecule has 0 saturated heterocycles. The highest BCUT2D eigenvalue weighted by atomic mass is 79.9. The molecule has 0 atom stereocenters. The number of hydrogen-bond donors (Lipinski definition) is 1. The number of benzene rings is 2. The van der Waals surface area contributed by atoms with Crippen LogP contribution in [-0.2, 0) is 0 Å². The lowest BCUT2D eigenvalue weighted by atomic mass is 10.2. The largest absolute Gasteiger partial charge is 0.274 e. The summed E-state index contributed by atoms with van der Waals surface area (Å²) in [5.41, 5.74) is 4.28. The molecule has 2 nitrogen and oxygen atoms in total. The van der Waals surface area contributed by atoms with Crippen molar-refractivity contribution >= 4 is 61.0 Å². The van der Waals surface area contributed by atoms with Crippen LogP contribution < -0.4 is 5.43 Å². The van der Waals surface area contributed by atoms with Gasteiger partial charge in [-0.15, -0.1) is 0 Å². The SMILES string of the molecule is Clc1cc(Cl)c(N/N=C(/Br)c2ccccc2)c(Cl)c1. The van der Waals surface area contributed by atoms with Crippen LogP contribution in [0.1, 0.15) is 5.56 Å². The molecule has 0 radical (unpaired) electrons. The van der Waals surface area contributed by atoms with Crippen molar-refractivity contribution in [2.45, 2.75) is 0 Å². The van der Waals surface area contributed by atoms with Gasteiger partial charge in [-0.25, -0.2) is 0 Å². The zero-order chi connectivity index (χ0) is 13.8. The lowest BCUT2D eigenvalue weighted by Crippen LogP contribution is -1.97. The quantitative estimate of drug-likeness (QED) is 0.528. The van der Waals surface area contributed by atoms with Gasteiger partial charge in [0.25, 0.3) is 0 Å². The number of nitrogens with zero attached hydrogens (tertiary/aromatic N) is 1. The first-order valence-electron chi connectivity index (χ1n) is 5.27. The first kappa shape index (κ1) is 14.7. The Balaban J connectivity index is 2.23. The average Bonchev–Trinajstić information content (AvgIpc) is 2.38. The maximum Gasteiger partial charge on any atom is 0.133 e. The maximum atomic E-state index is 6.05. The Kier molecular flexibility index (Phi) is 5.11. The second-order valence-corrected chi connectivity index (χ2v) is 5.63. The number of halogens is 4. The Morgan fingerprint density at radius 3 is 2.16 bits per heavy atom. The van der Waals surface area contributed by atoms with Gasteiger partial charge in [0.05, 0.1) is 15.7 Å². The number of nitrogens with one attached hydrogen (secondary N) is 1. The molecule has 0 fully saturated rings. The smallest absolute Gasteiger partial charge is 0.133 e. The highest BCUT2D eigenvalue weighted by Gasteiger charge is 2.07. The van der Waals surface area contributed by atoms with Crippen molar-refractivity contribution in [1.82, 2.24) is 0 Å². The molecule has 0 bridgehead atoms. The van der Waals surface area contributed by atoms with E-state index in [0.717, 1.165) is 5.56 Å². The van der Waals surface area contributed by atoms with Crippen molar-refractivity contribution in [1.29, 1.82) is 0 Å². The molecule has 1 N–H and O–H groups in total. The summed E-state index contributed by atoms with van der Waals surface area (Å²) in [5, 5.41) is 5.49. The summed E-state index contributed by atoms with van der Waals surface area (Å²) in [6.07, 6.45) is 0. The van der Waals surface area contributed by atoms with Gasteiger partial charge in [-0.05, 0) is 28.1 Å². The first-order valence-corrected chi connectivity index (χ1v) is 7.20. The molecule has 0 aliphatic carbocycles. The van der Waals surface area contributed by atoms with Crippen LogP contribution in [0.5, 0.6) is 0 Å². The molecule has 2 aromatic rings. The fourth-order valence-electron chi connectivity index (χ4n) is 1.39. The van der Waals surface area contributed by atoms with Crippen molar-refractivity contribution in [3.05, 3.63) is 63.1 Å². The minimum Gasteiger partial charge on any atom is -0.274 e. The first-order chi connectivity index (χ1) is 9.08. The summed E-state index contributed by atoms with van der Waals surface area (Å²) in [5.74, 6) is 0. The molecule has 0 heterocycles. The molecular formula is C13H8BrCl3N2. The third kappa shape index (κ3) is 3.86. The summed E-state index contributed by atoms with van der Waals surface area (Å²) in [7, 11) is 0. The van der Waals surface area contributed by atoms with E-state index in [1.807, 2.05) is 30.3 Å². The van der Waals surface area contributed by atoms with Crippen LogP contribution in [0.4, 0.5) is 5.69 Å². The summed E-state index contributed by atoms with van der Waals surface area (Å²) >= 11 is 21.3. The van der Waals surface area contributed by atoms with E-state index in [1.54, 1.807) is 12.1 Å². The Morgan fingerprint density at radius 2 is 1.58 bits per heavy atom. The summed E-state index contributed by atoms with van der Waals surface area (Å²) in [4.78, 5) is 0. The molecule has 98 valence electrons. The second-order valence-electron chi connectivity index (χ2n) is 3.62.